The highest BCUT2D eigenvalue weighted by Gasteiger charge is 2.02. The highest BCUT2D eigenvalue weighted by Crippen LogP contribution is 2.18. The van der Waals surface area contributed by atoms with Crippen molar-refractivity contribution >= 4 is 5.52 Å². The van der Waals surface area contributed by atoms with Gasteiger partial charge in [0.2, 0.25) is 0 Å². The summed E-state index contributed by atoms with van der Waals surface area (Å²) in [6.07, 6.45) is 3.73. The standard InChI is InChI=1S/C10H8N2O/c1-13-9-5-8(6-11)10-3-2-4-12(10)7-9/h2-5,7H,1H3. The summed E-state index contributed by atoms with van der Waals surface area (Å²) in [5.74, 6) is 0.695. The number of nitrogens with zero attached hydrogens (tertiary/aromatic N) is 2. The van der Waals surface area contributed by atoms with E-state index < -0.39 is 0 Å². The Kier molecular flexibility index (Phi) is 1.67. The minimum atomic E-state index is 0.629. The number of nitriles is 1. The van der Waals surface area contributed by atoms with Crippen molar-refractivity contribution < 1.29 is 4.74 Å². The summed E-state index contributed by atoms with van der Waals surface area (Å²) in [6, 6.07) is 7.66. The van der Waals surface area contributed by atoms with Crippen LogP contribution in [-0.4, -0.2) is 11.5 Å². The highest BCUT2D eigenvalue weighted by atomic mass is 16.5. The van der Waals surface area contributed by atoms with E-state index in [9.17, 15) is 0 Å². The molecule has 0 N–H and O–H groups in total. The number of rotatable bonds is 1. The second-order valence-corrected chi connectivity index (χ2v) is 2.71. The first-order chi connectivity index (χ1) is 6.35. The van der Waals surface area contributed by atoms with E-state index in [0.29, 0.717) is 11.3 Å². The van der Waals surface area contributed by atoms with E-state index in [1.54, 1.807) is 13.2 Å². The predicted octanol–water partition coefficient (Wildman–Crippen LogP) is 1.82. The number of fused-ring (bicyclic) bond motifs is 1. The minimum Gasteiger partial charge on any atom is -0.495 e. The smallest absolute Gasteiger partial charge is 0.136 e. The molecule has 0 spiro atoms. The molecular formula is C10H8N2O. The average Bonchev–Trinajstić information content (AvgIpc) is 2.63. The van der Waals surface area contributed by atoms with E-state index in [1.807, 2.05) is 28.9 Å². The van der Waals surface area contributed by atoms with Crippen molar-refractivity contribution in [3.63, 3.8) is 0 Å². The summed E-state index contributed by atoms with van der Waals surface area (Å²) < 4.78 is 6.93. The molecule has 0 saturated carbocycles. The molecule has 13 heavy (non-hydrogen) atoms. The molecule has 2 aromatic rings. The Morgan fingerprint density at radius 2 is 2.38 bits per heavy atom. The molecule has 0 aliphatic rings. The Bertz CT molecular complexity index is 479. The van der Waals surface area contributed by atoms with Gasteiger partial charge in [-0.2, -0.15) is 5.26 Å². The molecule has 0 aromatic carbocycles. The molecule has 2 aromatic heterocycles. The van der Waals surface area contributed by atoms with Crippen LogP contribution in [0.4, 0.5) is 0 Å². The SMILES string of the molecule is COc1cc(C#N)c2cccn2c1. The van der Waals surface area contributed by atoms with Gasteiger partial charge in [0.05, 0.1) is 24.4 Å². The van der Waals surface area contributed by atoms with Crippen molar-refractivity contribution in [2.45, 2.75) is 0 Å². The first-order valence-corrected chi connectivity index (χ1v) is 3.90. The van der Waals surface area contributed by atoms with E-state index in [1.165, 1.54) is 0 Å². The normalized spacial score (nSPS) is 9.85. The molecule has 0 aliphatic carbocycles. The summed E-state index contributed by atoms with van der Waals surface area (Å²) >= 11 is 0. The Morgan fingerprint density at radius 3 is 3.08 bits per heavy atom. The Morgan fingerprint density at radius 1 is 1.54 bits per heavy atom. The molecule has 3 nitrogen and oxygen atoms in total. The van der Waals surface area contributed by atoms with E-state index >= 15 is 0 Å². The highest BCUT2D eigenvalue weighted by molar-refractivity contribution is 5.62. The molecule has 0 fully saturated rings. The second kappa shape index (κ2) is 2.83. The quantitative estimate of drug-likeness (QED) is 0.658. The summed E-state index contributed by atoms with van der Waals surface area (Å²) in [5, 5.41) is 8.86. The van der Waals surface area contributed by atoms with Crippen LogP contribution in [0.5, 0.6) is 5.75 Å². The summed E-state index contributed by atoms with van der Waals surface area (Å²) in [4.78, 5) is 0. The van der Waals surface area contributed by atoms with E-state index in [0.717, 1.165) is 5.52 Å². The lowest BCUT2D eigenvalue weighted by molar-refractivity contribution is 0.412. The van der Waals surface area contributed by atoms with Crippen LogP contribution in [-0.2, 0) is 0 Å². The molecule has 0 atom stereocenters. The van der Waals surface area contributed by atoms with Crippen molar-refractivity contribution in [1.82, 2.24) is 4.40 Å². The molecule has 0 aliphatic heterocycles. The lowest BCUT2D eigenvalue weighted by atomic mass is 10.2. The minimum absolute atomic E-state index is 0.629. The van der Waals surface area contributed by atoms with Gasteiger partial charge in [0, 0.05) is 12.3 Å². The topological polar surface area (TPSA) is 37.4 Å². The number of pyridine rings is 1. The molecular weight excluding hydrogens is 164 g/mol. The first kappa shape index (κ1) is 7.69. The Balaban J connectivity index is 2.79. The summed E-state index contributed by atoms with van der Waals surface area (Å²) in [5.41, 5.74) is 1.53. The maximum atomic E-state index is 8.86. The maximum Gasteiger partial charge on any atom is 0.136 e. The summed E-state index contributed by atoms with van der Waals surface area (Å²) in [6.45, 7) is 0. The molecule has 64 valence electrons. The molecule has 2 rings (SSSR count). The van der Waals surface area contributed by atoms with Crippen LogP contribution in [0.3, 0.4) is 0 Å². The third-order valence-corrected chi connectivity index (χ3v) is 1.96. The molecule has 0 amide bonds. The number of hydrogen-bond acceptors (Lipinski definition) is 2. The van der Waals surface area contributed by atoms with Gasteiger partial charge >= 0.3 is 0 Å². The van der Waals surface area contributed by atoms with E-state index in [2.05, 4.69) is 6.07 Å². The number of hydrogen-bond donors (Lipinski definition) is 0. The van der Waals surface area contributed by atoms with Gasteiger partial charge in [-0.3, -0.25) is 0 Å². The zero-order valence-electron chi connectivity index (χ0n) is 7.19. The van der Waals surface area contributed by atoms with Crippen molar-refractivity contribution in [3.8, 4) is 11.8 Å². The number of ether oxygens (including phenoxy) is 1. The van der Waals surface area contributed by atoms with Gasteiger partial charge in [-0.1, -0.05) is 0 Å². The van der Waals surface area contributed by atoms with Crippen LogP contribution in [0, 0.1) is 11.3 Å². The maximum absolute atomic E-state index is 8.86. The van der Waals surface area contributed by atoms with E-state index in [4.69, 9.17) is 10.00 Å². The lowest BCUT2D eigenvalue weighted by Crippen LogP contribution is -1.90. The van der Waals surface area contributed by atoms with Crippen molar-refractivity contribution in [1.29, 1.82) is 5.26 Å². The third-order valence-electron chi connectivity index (χ3n) is 1.96. The predicted molar refractivity (Wildman–Crippen MR) is 48.7 cm³/mol. The molecule has 3 heteroatoms. The first-order valence-electron chi connectivity index (χ1n) is 3.90. The van der Waals surface area contributed by atoms with Crippen LogP contribution in [0.25, 0.3) is 5.52 Å². The fourth-order valence-electron chi connectivity index (χ4n) is 1.33. The molecule has 0 radical (unpaired) electrons. The average molecular weight is 172 g/mol. The number of aromatic nitrogens is 1. The van der Waals surface area contributed by atoms with Crippen LogP contribution in [0.2, 0.25) is 0 Å². The molecule has 0 bridgehead atoms. The van der Waals surface area contributed by atoms with Gasteiger partial charge in [0.1, 0.15) is 11.8 Å². The Hall–Kier alpha value is -1.95. The van der Waals surface area contributed by atoms with Gasteiger partial charge in [-0.05, 0) is 12.1 Å². The van der Waals surface area contributed by atoms with Crippen molar-refractivity contribution in [2.24, 2.45) is 0 Å². The van der Waals surface area contributed by atoms with Crippen LogP contribution in [0.15, 0.2) is 30.6 Å². The largest absolute Gasteiger partial charge is 0.495 e. The van der Waals surface area contributed by atoms with Gasteiger partial charge in [0.25, 0.3) is 0 Å². The fourth-order valence-corrected chi connectivity index (χ4v) is 1.33. The summed E-state index contributed by atoms with van der Waals surface area (Å²) in [7, 11) is 1.59. The Labute approximate surface area is 75.8 Å². The van der Waals surface area contributed by atoms with Crippen LogP contribution >= 0.6 is 0 Å². The third kappa shape index (κ3) is 1.13. The lowest BCUT2D eigenvalue weighted by Gasteiger charge is -2.02. The zero-order valence-corrected chi connectivity index (χ0v) is 7.19. The number of methoxy groups -OCH3 is 1. The monoisotopic (exact) mass is 172 g/mol. The zero-order chi connectivity index (χ0) is 9.26. The van der Waals surface area contributed by atoms with Gasteiger partial charge in [-0.25, -0.2) is 0 Å². The molecule has 0 unspecified atom stereocenters. The van der Waals surface area contributed by atoms with Crippen LogP contribution < -0.4 is 4.74 Å². The van der Waals surface area contributed by atoms with Crippen molar-refractivity contribution in [3.05, 3.63) is 36.2 Å². The molecule has 0 saturated heterocycles. The van der Waals surface area contributed by atoms with Gasteiger partial charge in [-0.15, -0.1) is 0 Å². The fraction of sp³-hybridized carbons (Fsp3) is 0.100. The van der Waals surface area contributed by atoms with Crippen LogP contribution in [0.1, 0.15) is 5.56 Å². The second-order valence-electron chi connectivity index (χ2n) is 2.71. The van der Waals surface area contributed by atoms with Gasteiger partial charge < -0.3 is 9.14 Å². The van der Waals surface area contributed by atoms with Gasteiger partial charge in [0.15, 0.2) is 0 Å². The van der Waals surface area contributed by atoms with E-state index in [-0.39, 0.29) is 0 Å². The van der Waals surface area contributed by atoms with Crippen molar-refractivity contribution in [2.75, 3.05) is 7.11 Å². The molecule has 2 heterocycles.